The minimum Gasteiger partial charge on any atom is -0.446 e. The molecule has 2 aliphatic heterocycles. The molecular weight excluding hydrogens is 502 g/mol. The molecule has 1 saturated heterocycles. The summed E-state index contributed by atoms with van der Waals surface area (Å²) < 4.78 is 32.4. The van der Waals surface area contributed by atoms with E-state index in [4.69, 9.17) is 9.72 Å². The molecule has 0 bridgehead atoms. The van der Waals surface area contributed by atoms with Gasteiger partial charge in [-0.2, -0.15) is 0 Å². The molecule has 0 radical (unpaired) electrons. The number of carbonyl (C=O) groups is 1. The maximum Gasteiger partial charge on any atom is 0.410 e. The van der Waals surface area contributed by atoms with Gasteiger partial charge in [0.25, 0.3) is 0 Å². The molecule has 1 saturated carbocycles. The molecule has 3 aromatic rings. The number of halogens is 2. The van der Waals surface area contributed by atoms with Gasteiger partial charge in [0.2, 0.25) is 5.92 Å². The summed E-state index contributed by atoms with van der Waals surface area (Å²) in [4.78, 5) is 23.5. The van der Waals surface area contributed by atoms with E-state index < -0.39 is 18.1 Å². The molecule has 2 fully saturated rings. The standard InChI is InChI=1S/C29H32F2N6O2/c30-29(31)11-7-25(8-12-29)39-28(38)37-14-10-20-15-21(1-2-22(20)18-37)27-32-13-9-26(36-27)35-24-5-3-19(4-6-24)23-16-33-34-17-23/h1-6,9,13,15,23,25,33-34H,7-8,10-12,14,16-18H2,(H,32,35,36). The lowest BCUT2D eigenvalue weighted by molar-refractivity contribution is -0.0691. The number of nitrogens with one attached hydrogen (secondary N) is 3. The van der Waals surface area contributed by atoms with Gasteiger partial charge in [-0.05, 0) is 60.2 Å². The molecule has 3 N–H and O–H groups in total. The van der Waals surface area contributed by atoms with E-state index in [1.54, 1.807) is 11.1 Å². The van der Waals surface area contributed by atoms with Crippen molar-refractivity contribution >= 4 is 17.6 Å². The summed E-state index contributed by atoms with van der Waals surface area (Å²) in [7, 11) is 0. The predicted molar refractivity (Wildman–Crippen MR) is 144 cm³/mol. The van der Waals surface area contributed by atoms with Crippen LogP contribution in [0.25, 0.3) is 11.4 Å². The molecule has 1 amide bonds. The van der Waals surface area contributed by atoms with Gasteiger partial charge in [-0.15, -0.1) is 0 Å². The Kier molecular flexibility index (Phi) is 7.14. The third-order valence-electron chi connectivity index (χ3n) is 7.80. The normalized spacial score (nSPS) is 19.5. The Morgan fingerprint density at radius 2 is 1.79 bits per heavy atom. The van der Waals surface area contributed by atoms with E-state index in [0.717, 1.165) is 35.5 Å². The number of anilines is 2. The molecule has 6 rings (SSSR count). The summed E-state index contributed by atoms with van der Waals surface area (Å²) in [5, 5.41) is 3.37. The van der Waals surface area contributed by atoms with Crippen LogP contribution in [0, 0.1) is 0 Å². The highest BCUT2D eigenvalue weighted by atomic mass is 19.3. The number of amides is 1. The van der Waals surface area contributed by atoms with Crippen molar-refractivity contribution in [3.63, 3.8) is 0 Å². The van der Waals surface area contributed by atoms with Crippen molar-refractivity contribution in [2.75, 3.05) is 25.0 Å². The van der Waals surface area contributed by atoms with Crippen LogP contribution < -0.4 is 16.2 Å². The Morgan fingerprint density at radius 3 is 2.56 bits per heavy atom. The topological polar surface area (TPSA) is 91.4 Å². The van der Waals surface area contributed by atoms with Gasteiger partial charge in [0.05, 0.1) is 0 Å². The number of hydrazine groups is 1. The number of alkyl halides is 2. The smallest absolute Gasteiger partial charge is 0.410 e. The van der Waals surface area contributed by atoms with Gasteiger partial charge in [-0.1, -0.05) is 24.3 Å². The van der Waals surface area contributed by atoms with Gasteiger partial charge >= 0.3 is 6.09 Å². The minimum absolute atomic E-state index is 0.210. The van der Waals surface area contributed by atoms with Crippen LogP contribution in [0.1, 0.15) is 48.3 Å². The zero-order chi connectivity index (χ0) is 26.8. The fourth-order valence-electron chi connectivity index (χ4n) is 5.45. The molecule has 0 spiro atoms. The van der Waals surface area contributed by atoms with Crippen LogP contribution in [-0.2, 0) is 17.7 Å². The van der Waals surface area contributed by atoms with Crippen molar-refractivity contribution in [3.05, 3.63) is 71.4 Å². The van der Waals surface area contributed by atoms with Gasteiger partial charge in [0, 0.05) is 62.4 Å². The molecule has 0 atom stereocenters. The summed E-state index contributed by atoms with van der Waals surface area (Å²) >= 11 is 0. The Labute approximate surface area is 226 Å². The lowest BCUT2D eigenvalue weighted by Crippen LogP contribution is -2.39. The summed E-state index contributed by atoms with van der Waals surface area (Å²) in [6, 6.07) is 16.3. The van der Waals surface area contributed by atoms with Crippen LogP contribution in [0.15, 0.2) is 54.7 Å². The highest BCUT2D eigenvalue weighted by molar-refractivity contribution is 5.69. The van der Waals surface area contributed by atoms with Gasteiger partial charge in [0.1, 0.15) is 11.9 Å². The number of rotatable bonds is 5. The molecular formula is C29H32F2N6O2. The molecule has 8 nitrogen and oxygen atoms in total. The molecule has 204 valence electrons. The summed E-state index contributed by atoms with van der Waals surface area (Å²) in [6.07, 6.45) is 1.54. The van der Waals surface area contributed by atoms with Gasteiger partial charge < -0.3 is 15.0 Å². The number of hydrogen-bond acceptors (Lipinski definition) is 7. The largest absolute Gasteiger partial charge is 0.446 e. The van der Waals surface area contributed by atoms with E-state index in [1.165, 1.54) is 5.56 Å². The monoisotopic (exact) mass is 534 g/mol. The molecule has 0 unspecified atom stereocenters. The Bertz CT molecular complexity index is 1320. The van der Waals surface area contributed by atoms with Crippen molar-refractivity contribution < 1.29 is 18.3 Å². The van der Waals surface area contributed by atoms with E-state index in [9.17, 15) is 13.6 Å². The number of nitrogens with zero attached hydrogens (tertiary/aromatic N) is 3. The van der Waals surface area contributed by atoms with Crippen molar-refractivity contribution in [1.29, 1.82) is 0 Å². The fourth-order valence-corrected chi connectivity index (χ4v) is 5.45. The van der Waals surface area contributed by atoms with Crippen molar-refractivity contribution in [2.45, 2.75) is 56.6 Å². The molecule has 3 aliphatic rings. The van der Waals surface area contributed by atoms with E-state index >= 15 is 0 Å². The zero-order valence-corrected chi connectivity index (χ0v) is 21.6. The second kappa shape index (κ2) is 10.9. The first kappa shape index (κ1) is 25.6. The highest BCUT2D eigenvalue weighted by Gasteiger charge is 2.37. The SMILES string of the molecule is O=C(OC1CCC(F)(F)CC1)N1CCc2cc(-c3nccc(Nc4ccc(C5CNNC5)cc4)n3)ccc2C1. The first-order valence-corrected chi connectivity index (χ1v) is 13.5. The molecule has 10 heteroatoms. The number of ether oxygens (including phenoxy) is 1. The Morgan fingerprint density at radius 1 is 1.03 bits per heavy atom. The van der Waals surface area contributed by atoms with Gasteiger partial charge in [0.15, 0.2) is 5.82 Å². The second-order valence-electron chi connectivity index (χ2n) is 10.6. The quantitative estimate of drug-likeness (QED) is 0.417. The predicted octanol–water partition coefficient (Wildman–Crippen LogP) is 5.15. The lowest BCUT2D eigenvalue weighted by atomic mass is 9.94. The average molecular weight is 535 g/mol. The number of fused-ring (bicyclic) bond motifs is 1. The third kappa shape index (κ3) is 6.02. The summed E-state index contributed by atoms with van der Waals surface area (Å²) in [6.45, 7) is 2.80. The van der Waals surface area contributed by atoms with Crippen LogP contribution in [0.2, 0.25) is 0 Å². The lowest BCUT2D eigenvalue weighted by Gasteiger charge is -2.32. The van der Waals surface area contributed by atoms with E-state index in [-0.39, 0.29) is 25.7 Å². The fraction of sp³-hybridized carbons (Fsp3) is 0.414. The molecule has 1 aliphatic carbocycles. The van der Waals surface area contributed by atoms with Crippen LogP contribution in [0.5, 0.6) is 0 Å². The average Bonchev–Trinajstić information content (AvgIpc) is 3.49. The summed E-state index contributed by atoms with van der Waals surface area (Å²) in [5.41, 5.74) is 11.7. The van der Waals surface area contributed by atoms with Crippen LogP contribution in [-0.4, -0.2) is 52.6 Å². The second-order valence-corrected chi connectivity index (χ2v) is 10.6. The van der Waals surface area contributed by atoms with E-state index in [0.29, 0.717) is 37.1 Å². The molecule has 2 aromatic carbocycles. The number of carbonyl (C=O) groups excluding carboxylic acids is 1. The minimum atomic E-state index is -2.64. The zero-order valence-electron chi connectivity index (χ0n) is 21.6. The maximum absolute atomic E-state index is 13.4. The summed E-state index contributed by atoms with van der Waals surface area (Å²) in [5.74, 6) is -0.831. The highest BCUT2D eigenvalue weighted by Crippen LogP contribution is 2.35. The van der Waals surface area contributed by atoms with Crippen molar-refractivity contribution in [1.82, 2.24) is 25.7 Å². The van der Waals surface area contributed by atoms with Crippen molar-refractivity contribution in [2.24, 2.45) is 0 Å². The Hall–Kier alpha value is -3.63. The van der Waals surface area contributed by atoms with Crippen LogP contribution in [0.4, 0.5) is 25.1 Å². The molecule has 3 heterocycles. The van der Waals surface area contributed by atoms with E-state index in [2.05, 4.69) is 51.5 Å². The number of hydrogen-bond donors (Lipinski definition) is 3. The molecule has 39 heavy (non-hydrogen) atoms. The number of benzene rings is 2. The van der Waals surface area contributed by atoms with Crippen LogP contribution >= 0.6 is 0 Å². The van der Waals surface area contributed by atoms with Crippen molar-refractivity contribution in [3.8, 4) is 11.4 Å². The van der Waals surface area contributed by atoms with Gasteiger partial charge in [-0.25, -0.2) is 23.5 Å². The molecule has 1 aromatic heterocycles. The third-order valence-corrected chi connectivity index (χ3v) is 7.80. The van der Waals surface area contributed by atoms with Crippen LogP contribution in [0.3, 0.4) is 0 Å². The van der Waals surface area contributed by atoms with E-state index in [1.807, 2.05) is 18.2 Å². The first-order chi connectivity index (χ1) is 18.9. The Balaban J connectivity index is 1.08. The van der Waals surface area contributed by atoms with Gasteiger partial charge in [-0.3, -0.25) is 10.9 Å². The number of aromatic nitrogens is 2. The first-order valence-electron chi connectivity index (χ1n) is 13.5. The maximum atomic E-state index is 13.4.